The summed E-state index contributed by atoms with van der Waals surface area (Å²) in [7, 11) is -3.49. The number of hydrogen-bond donors (Lipinski definition) is 0. The van der Waals surface area contributed by atoms with Crippen molar-refractivity contribution in [2.24, 2.45) is 0 Å². The molecule has 0 aliphatic heterocycles. The van der Waals surface area contributed by atoms with E-state index in [9.17, 15) is 8.42 Å². The fourth-order valence-corrected chi connectivity index (χ4v) is 3.68. The summed E-state index contributed by atoms with van der Waals surface area (Å²) in [6.07, 6.45) is 3.26. The van der Waals surface area contributed by atoms with E-state index in [1.54, 1.807) is 67.0 Å². The first-order valence-electron chi connectivity index (χ1n) is 7.73. The minimum Gasteiger partial charge on any atom is -0.455 e. The van der Waals surface area contributed by atoms with Gasteiger partial charge in [0.15, 0.2) is 15.6 Å². The number of hydrogen-bond acceptors (Lipinski definition) is 7. The molecule has 0 aliphatic carbocycles. The minimum absolute atomic E-state index is 0.181. The topological polar surface area (TPSA) is 99.1 Å². The van der Waals surface area contributed by atoms with Crippen molar-refractivity contribution in [3.05, 3.63) is 72.8 Å². The van der Waals surface area contributed by atoms with E-state index < -0.39 is 9.84 Å². The molecule has 0 atom stereocenters. The van der Waals surface area contributed by atoms with Gasteiger partial charge in [-0.3, -0.25) is 4.98 Å². The van der Waals surface area contributed by atoms with Crippen LogP contribution >= 0.6 is 0 Å². The highest BCUT2D eigenvalue weighted by atomic mass is 32.2. The summed E-state index contributed by atoms with van der Waals surface area (Å²) in [5.74, 6) is 0.948. The second-order valence-electron chi connectivity index (χ2n) is 5.50. The predicted molar refractivity (Wildman–Crippen MR) is 92.6 cm³/mol. The summed E-state index contributed by atoms with van der Waals surface area (Å²) in [6.45, 7) is 0. The van der Waals surface area contributed by atoms with Gasteiger partial charge in [-0.05, 0) is 36.4 Å². The normalized spacial score (nSPS) is 11.5. The van der Waals surface area contributed by atoms with E-state index in [0.717, 1.165) is 5.56 Å². The quantitative estimate of drug-likeness (QED) is 0.533. The van der Waals surface area contributed by atoms with E-state index in [0.29, 0.717) is 17.3 Å². The Balaban J connectivity index is 1.57. The molecular formula is C18H13N3O4S. The Morgan fingerprint density at radius 1 is 0.923 bits per heavy atom. The maximum atomic E-state index is 12.4. The largest absolute Gasteiger partial charge is 0.455 e. The van der Waals surface area contributed by atoms with Gasteiger partial charge in [0.25, 0.3) is 5.89 Å². The van der Waals surface area contributed by atoms with Crippen LogP contribution in [0.3, 0.4) is 0 Å². The number of furan rings is 1. The van der Waals surface area contributed by atoms with Gasteiger partial charge in [0.05, 0.1) is 4.90 Å². The fourth-order valence-electron chi connectivity index (χ4n) is 2.41. The number of sulfone groups is 1. The van der Waals surface area contributed by atoms with Gasteiger partial charge in [-0.15, -0.1) is 0 Å². The number of nitrogens with zero attached hydrogens (tertiary/aromatic N) is 3. The Morgan fingerprint density at radius 3 is 2.46 bits per heavy atom. The molecule has 4 aromatic rings. The van der Waals surface area contributed by atoms with Gasteiger partial charge in [0, 0.05) is 18.0 Å². The van der Waals surface area contributed by atoms with Crippen LogP contribution in [0.4, 0.5) is 0 Å². The molecule has 3 aromatic heterocycles. The zero-order valence-electron chi connectivity index (χ0n) is 13.4. The Morgan fingerprint density at radius 2 is 1.69 bits per heavy atom. The van der Waals surface area contributed by atoms with E-state index in [-0.39, 0.29) is 16.5 Å². The summed E-state index contributed by atoms with van der Waals surface area (Å²) >= 11 is 0. The van der Waals surface area contributed by atoms with Crippen LogP contribution in [-0.4, -0.2) is 23.5 Å². The Hall–Kier alpha value is -3.26. The van der Waals surface area contributed by atoms with Crippen molar-refractivity contribution < 1.29 is 17.4 Å². The lowest BCUT2D eigenvalue weighted by Gasteiger charge is -2.01. The molecule has 0 saturated heterocycles. The van der Waals surface area contributed by atoms with Gasteiger partial charge in [0.1, 0.15) is 11.5 Å². The van der Waals surface area contributed by atoms with Gasteiger partial charge < -0.3 is 8.94 Å². The molecule has 3 heterocycles. The molecule has 0 saturated carbocycles. The summed E-state index contributed by atoms with van der Waals surface area (Å²) in [4.78, 5) is 8.45. The van der Waals surface area contributed by atoms with Crippen molar-refractivity contribution in [1.82, 2.24) is 15.1 Å². The SMILES string of the molecule is O=S(=O)(Cc1ccc(-c2nc(-c3ccncc3)no2)o1)c1ccccc1. The van der Waals surface area contributed by atoms with E-state index in [1.807, 2.05) is 0 Å². The Bertz CT molecular complexity index is 1120. The zero-order valence-corrected chi connectivity index (χ0v) is 14.3. The van der Waals surface area contributed by atoms with Gasteiger partial charge in [-0.25, -0.2) is 8.42 Å². The molecule has 4 rings (SSSR count). The van der Waals surface area contributed by atoms with Crippen molar-refractivity contribution in [3.63, 3.8) is 0 Å². The van der Waals surface area contributed by atoms with E-state index in [1.165, 1.54) is 0 Å². The second kappa shape index (κ2) is 6.57. The van der Waals surface area contributed by atoms with Gasteiger partial charge in [-0.1, -0.05) is 23.4 Å². The summed E-state index contributed by atoms with van der Waals surface area (Å²) in [5, 5.41) is 3.90. The van der Waals surface area contributed by atoms with Gasteiger partial charge in [-0.2, -0.15) is 4.98 Å². The molecule has 130 valence electrons. The van der Waals surface area contributed by atoms with E-state index >= 15 is 0 Å². The molecule has 0 N–H and O–H groups in total. The number of rotatable bonds is 5. The summed E-state index contributed by atoms with van der Waals surface area (Å²) < 4.78 is 35.6. The highest BCUT2D eigenvalue weighted by Crippen LogP contribution is 2.25. The Kier molecular flexibility index (Phi) is 4.10. The molecule has 26 heavy (non-hydrogen) atoms. The van der Waals surface area contributed by atoms with Gasteiger partial charge in [0.2, 0.25) is 5.82 Å². The summed E-state index contributed by atoms with van der Waals surface area (Å²) in [6, 6.07) is 14.9. The molecule has 8 heteroatoms. The van der Waals surface area contributed by atoms with Crippen LogP contribution in [0.25, 0.3) is 23.0 Å². The Labute approximate surface area is 149 Å². The molecule has 0 fully saturated rings. The van der Waals surface area contributed by atoms with Crippen molar-refractivity contribution in [2.75, 3.05) is 0 Å². The lowest BCUT2D eigenvalue weighted by atomic mass is 10.2. The maximum Gasteiger partial charge on any atom is 0.293 e. The second-order valence-corrected chi connectivity index (χ2v) is 7.49. The van der Waals surface area contributed by atoms with Crippen LogP contribution in [0.1, 0.15) is 5.76 Å². The molecule has 0 aliphatic rings. The monoisotopic (exact) mass is 367 g/mol. The smallest absolute Gasteiger partial charge is 0.293 e. The van der Waals surface area contributed by atoms with E-state index in [2.05, 4.69) is 15.1 Å². The van der Waals surface area contributed by atoms with Crippen LogP contribution in [-0.2, 0) is 15.6 Å². The van der Waals surface area contributed by atoms with Crippen molar-refractivity contribution in [1.29, 1.82) is 0 Å². The molecule has 0 amide bonds. The third-order valence-corrected chi connectivity index (χ3v) is 5.33. The van der Waals surface area contributed by atoms with Crippen LogP contribution in [0, 0.1) is 0 Å². The zero-order chi connectivity index (χ0) is 18.0. The molecule has 0 radical (unpaired) electrons. The molecule has 7 nitrogen and oxygen atoms in total. The van der Waals surface area contributed by atoms with Crippen molar-refractivity contribution in [2.45, 2.75) is 10.6 Å². The first-order valence-corrected chi connectivity index (χ1v) is 9.38. The third-order valence-electron chi connectivity index (χ3n) is 3.67. The predicted octanol–water partition coefficient (Wildman–Crippen LogP) is 3.37. The number of aromatic nitrogens is 3. The first-order chi connectivity index (χ1) is 12.6. The fraction of sp³-hybridized carbons (Fsp3) is 0.0556. The molecule has 0 spiro atoms. The number of benzene rings is 1. The van der Waals surface area contributed by atoms with E-state index in [4.69, 9.17) is 8.94 Å². The van der Waals surface area contributed by atoms with Crippen LogP contribution in [0.5, 0.6) is 0 Å². The maximum absolute atomic E-state index is 12.4. The molecule has 0 bridgehead atoms. The highest BCUT2D eigenvalue weighted by molar-refractivity contribution is 7.90. The minimum atomic E-state index is -3.49. The highest BCUT2D eigenvalue weighted by Gasteiger charge is 2.19. The average Bonchev–Trinajstić information content (AvgIpc) is 3.32. The molecule has 1 aromatic carbocycles. The molecular weight excluding hydrogens is 354 g/mol. The lowest BCUT2D eigenvalue weighted by Crippen LogP contribution is -2.03. The third kappa shape index (κ3) is 3.27. The van der Waals surface area contributed by atoms with Crippen molar-refractivity contribution in [3.8, 4) is 23.0 Å². The van der Waals surface area contributed by atoms with Crippen LogP contribution in [0.2, 0.25) is 0 Å². The first kappa shape index (κ1) is 16.2. The average molecular weight is 367 g/mol. The van der Waals surface area contributed by atoms with Crippen LogP contribution in [0.15, 0.2) is 80.8 Å². The van der Waals surface area contributed by atoms with Crippen LogP contribution < -0.4 is 0 Å². The lowest BCUT2D eigenvalue weighted by molar-refractivity contribution is 0.413. The molecule has 0 unspecified atom stereocenters. The standard InChI is InChI=1S/C18H13N3O4S/c22-26(23,15-4-2-1-3-5-15)12-14-6-7-16(24-14)18-20-17(21-25-18)13-8-10-19-11-9-13/h1-11H,12H2. The number of pyridine rings is 1. The van der Waals surface area contributed by atoms with Crippen molar-refractivity contribution >= 4 is 9.84 Å². The van der Waals surface area contributed by atoms with Gasteiger partial charge >= 0.3 is 0 Å². The summed E-state index contributed by atoms with van der Waals surface area (Å²) in [5.41, 5.74) is 0.758.